The van der Waals surface area contributed by atoms with Crippen LogP contribution >= 0.6 is 0 Å². The second-order valence-electron chi connectivity index (χ2n) is 10.8. The first-order valence-corrected chi connectivity index (χ1v) is 17.2. The summed E-state index contributed by atoms with van der Waals surface area (Å²) in [5.74, 6) is -0.238. The lowest BCUT2D eigenvalue weighted by atomic mass is 10.1. The Balaban J connectivity index is 3.60. The van der Waals surface area contributed by atoms with E-state index in [0.717, 1.165) is 96.3 Å². The van der Waals surface area contributed by atoms with Crippen molar-refractivity contribution in [2.75, 3.05) is 19.8 Å². The zero-order chi connectivity index (χ0) is 31.3. The number of unbranched alkanes of at least 4 members (excludes halogenated alkanes) is 8. The van der Waals surface area contributed by atoms with Crippen LogP contribution in [0.1, 0.15) is 129 Å². The molecular weight excluding hydrogens is 532 g/mol. The van der Waals surface area contributed by atoms with Crippen LogP contribution in [0, 0.1) is 0 Å². The molecule has 0 aliphatic heterocycles. The van der Waals surface area contributed by atoms with E-state index in [1.165, 1.54) is 12.8 Å². The standard InChI is InChI=1S/C39H64O4/c1-3-5-7-9-11-13-15-17-19-20-21-22-24-26-28-30-32-34-39(41)43-38(36-40)37-42-35-33-31-29-27-25-23-18-16-14-12-10-8-6-4-2/h5-8,11-14,17-19,21-23,38,40H,3-4,9-10,15-16,20,24-37H2,1-2H3/b7-5-,8-6-,13-11-,14-12-,19-17-,22-21-,23-18-. The van der Waals surface area contributed by atoms with Gasteiger partial charge < -0.3 is 14.6 Å². The maximum Gasteiger partial charge on any atom is 0.306 e. The summed E-state index contributed by atoms with van der Waals surface area (Å²) in [5.41, 5.74) is 0. The molecule has 0 aliphatic rings. The zero-order valence-electron chi connectivity index (χ0n) is 27.7. The molecule has 0 heterocycles. The number of ether oxygens (including phenoxy) is 2. The number of hydrogen-bond acceptors (Lipinski definition) is 4. The van der Waals surface area contributed by atoms with Crippen LogP contribution in [-0.2, 0) is 14.3 Å². The number of esters is 1. The maximum atomic E-state index is 12.1. The predicted octanol–water partition coefficient (Wildman–Crippen LogP) is 10.9. The van der Waals surface area contributed by atoms with Gasteiger partial charge in [-0.3, -0.25) is 4.79 Å². The fraction of sp³-hybridized carbons (Fsp3) is 0.615. The summed E-state index contributed by atoms with van der Waals surface area (Å²) in [6, 6.07) is 0. The molecule has 0 saturated heterocycles. The number of aliphatic hydroxyl groups is 1. The zero-order valence-corrected chi connectivity index (χ0v) is 27.7. The van der Waals surface area contributed by atoms with E-state index >= 15 is 0 Å². The summed E-state index contributed by atoms with van der Waals surface area (Å²) in [6.45, 7) is 5.02. The Bertz CT molecular complexity index is 800. The number of carbonyl (C=O) groups is 1. The molecule has 0 aliphatic carbocycles. The smallest absolute Gasteiger partial charge is 0.306 e. The fourth-order valence-electron chi connectivity index (χ4n) is 4.21. The van der Waals surface area contributed by atoms with Crippen molar-refractivity contribution in [3.05, 3.63) is 85.1 Å². The molecule has 0 aromatic carbocycles. The highest BCUT2D eigenvalue weighted by molar-refractivity contribution is 5.69. The van der Waals surface area contributed by atoms with Gasteiger partial charge >= 0.3 is 5.97 Å². The van der Waals surface area contributed by atoms with Crippen molar-refractivity contribution in [1.82, 2.24) is 0 Å². The molecule has 1 unspecified atom stereocenters. The SMILES string of the molecule is CC/C=C\C/C=C\C/C=C\C/C=C\CCCCCCC(=O)OC(CO)COCCCCCC/C=C\C/C=C\C/C=C\CC. The Morgan fingerprint density at radius 1 is 0.558 bits per heavy atom. The highest BCUT2D eigenvalue weighted by atomic mass is 16.6. The van der Waals surface area contributed by atoms with Gasteiger partial charge in [-0.1, -0.05) is 125 Å². The van der Waals surface area contributed by atoms with E-state index in [1.54, 1.807) is 0 Å². The lowest BCUT2D eigenvalue weighted by Gasteiger charge is -2.15. The molecule has 0 spiro atoms. The fourth-order valence-corrected chi connectivity index (χ4v) is 4.21. The van der Waals surface area contributed by atoms with Crippen LogP contribution in [0.5, 0.6) is 0 Å². The van der Waals surface area contributed by atoms with Crippen molar-refractivity contribution < 1.29 is 19.4 Å². The molecule has 0 radical (unpaired) electrons. The third kappa shape index (κ3) is 33.9. The van der Waals surface area contributed by atoms with Crippen LogP contribution in [0.3, 0.4) is 0 Å². The van der Waals surface area contributed by atoms with Crippen molar-refractivity contribution in [3.63, 3.8) is 0 Å². The molecule has 4 heteroatoms. The average Bonchev–Trinajstić information content (AvgIpc) is 3.01. The summed E-state index contributed by atoms with van der Waals surface area (Å²) in [4.78, 5) is 12.1. The van der Waals surface area contributed by atoms with Crippen molar-refractivity contribution in [2.45, 2.75) is 136 Å². The van der Waals surface area contributed by atoms with Crippen molar-refractivity contribution in [3.8, 4) is 0 Å². The Kier molecular flexibility index (Phi) is 33.7. The summed E-state index contributed by atoms with van der Waals surface area (Å²) in [6.07, 6.45) is 49.0. The minimum Gasteiger partial charge on any atom is -0.457 e. The van der Waals surface area contributed by atoms with Gasteiger partial charge in [0.2, 0.25) is 0 Å². The molecule has 0 rings (SSSR count). The molecule has 0 aromatic rings. The molecular formula is C39H64O4. The number of allylic oxidation sites excluding steroid dienone is 14. The number of rotatable bonds is 30. The van der Waals surface area contributed by atoms with Crippen LogP contribution in [0.2, 0.25) is 0 Å². The molecule has 0 saturated carbocycles. The largest absolute Gasteiger partial charge is 0.457 e. The number of aliphatic hydroxyl groups excluding tert-OH is 1. The molecule has 0 amide bonds. The van der Waals surface area contributed by atoms with E-state index < -0.39 is 6.10 Å². The quantitative estimate of drug-likeness (QED) is 0.0509. The highest BCUT2D eigenvalue weighted by Gasteiger charge is 2.13. The van der Waals surface area contributed by atoms with E-state index in [1.807, 2.05) is 0 Å². The van der Waals surface area contributed by atoms with Gasteiger partial charge in [-0.25, -0.2) is 0 Å². The van der Waals surface area contributed by atoms with Crippen LogP contribution in [0.4, 0.5) is 0 Å². The minimum absolute atomic E-state index is 0.197. The molecule has 244 valence electrons. The van der Waals surface area contributed by atoms with E-state index in [9.17, 15) is 9.90 Å². The van der Waals surface area contributed by atoms with Gasteiger partial charge in [0.05, 0.1) is 13.2 Å². The van der Waals surface area contributed by atoms with Gasteiger partial charge in [-0.05, 0) is 83.5 Å². The summed E-state index contributed by atoms with van der Waals surface area (Å²) in [5, 5.41) is 9.53. The van der Waals surface area contributed by atoms with E-state index in [-0.39, 0.29) is 19.2 Å². The molecule has 0 bridgehead atoms. The van der Waals surface area contributed by atoms with Crippen molar-refractivity contribution in [2.24, 2.45) is 0 Å². The van der Waals surface area contributed by atoms with Gasteiger partial charge in [0, 0.05) is 13.0 Å². The molecule has 4 nitrogen and oxygen atoms in total. The topological polar surface area (TPSA) is 55.8 Å². The lowest BCUT2D eigenvalue weighted by Crippen LogP contribution is -2.27. The first-order valence-electron chi connectivity index (χ1n) is 17.2. The maximum absolute atomic E-state index is 12.1. The Labute approximate surface area is 265 Å². The van der Waals surface area contributed by atoms with Crippen LogP contribution in [0.15, 0.2) is 85.1 Å². The van der Waals surface area contributed by atoms with E-state index in [0.29, 0.717) is 13.0 Å². The van der Waals surface area contributed by atoms with Gasteiger partial charge in [0.15, 0.2) is 0 Å². The normalized spacial score (nSPS) is 13.5. The van der Waals surface area contributed by atoms with Gasteiger partial charge in [0.25, 0.3) is 0 Å². The van der Waals surface area contributed by atoms with Crippen molar-refractivity contribution in [1.29, 1.82) is 0 Å². The predicted molar refractivity (Wildman–Crippen MR) is 186 cm³/mol. The van der Waals surface area contributed by atoms with E-state index in [2.05, 4.69) is 98.9 Å². The Morgan fingerprint density at radius 3 is 1.44 bits per heavy atom. The van der Waals surface area contributed by atoms with Crippen molar-refractivity contribution >= 4 is 5.97 Å². The Morgan fingerprint density at radius 2 is 0.977 bits per heavy atom. The average molecular weight is 597 g/mol. The van der Waals surface area contributed by atoms with Crippen LogP contribution < -0.4 is 0 Å². The number of hydrogen-bond donors (Lipinski definition) is 1. The summed E-state index contributed by atoms with van der Waals surface area (Å²) in [7, 11) is 0. The molecule has 1 N–H and O–H groups in total. The first kappa shape index (κ1) is 40.6. The Hall–Kier alpha value is -2.43. The third-order valence-corrected chi connectivity index (χ3v) is 6.72. The van der Waals surface area contributed by atoms with E-state index in [4.69, 9.17) is 9.47 Å². The summed E-state index contributed by atoms with van der Waals surface area (Å²) >= 11 is 0. The van der Waals surface area contributed by atoms with Crippen LogP contribution in [0.25, 0.3) is 0 Å². The number of carbonyl (C=O) groups excluding carboxylic acids is 1. The minimum atomic E-state index is -0.562. The molecule has 0 aromatic heterocycles. The highest BCUT2D eigenvalue weighted by Crippen LogP contribution is 2.09. The molecule has 1 atom stereocenters. The second kappa shape index (κ2) is 35.8. The first-order chi connectivity index (χ1) is 21.2. The molecule has 43 heavy (non-hydrogen) atoms. The van der Waals surface area contributed by atoms with Gasteiger partial charge in [-0.15, -0.1) is 0 Å². The molecule has 0 fully saturated rings. The third-order valence-electron chi connectivity index (χ3n) is 6.72. The summed E-state index contributed by atoms with van der Waals surface area (Å²) < 4.78 is 11.1. The van der Waals surface area contributed by atoms with Gasteiger partial charge in [-0.2, -0.15) is 0 Å². The van der Waals surface area contributed by atoms with Crippen LogP contribution in [-0.4, -0.2) is 37.0 Å². The monoisotopic (exact) mass is 596 g/mol. The van der Waals surface area contributed by atoms with Gasteiger partial charge in [0.1, 0.15) is 6.10 Å². The lowest BCUT2D eigenvalue weighted by molar-refractivity contribution is -0.154. The second-order valence-corrected chi connectivity index (χ2v) is 10.8.